The zero-order valence-corrected chi connectivity index (χ0v) is 17.9. The molecule has 6 nitrogen and oxygen atoms in total. The summed E-state index contributed by atoms with van der Waals surface area (Å²) in [5.41, 5.74) is 1.34. The van der Waals surface area contributed by atoms with Crippen molar-refractivity contribution in [3.63, 3.8) is 0 Å². The van der Waals surface area contributed by atoms with Gasteiger partial charge in [-0.05, 0) is 37.0 Å². The van der Waals surface area contributed by atoms with Crippen LogP contribution in [0.3, 0.4) is 0 Å². The molecule has 0 spiro atoms. The number of methoxy groups -OCH3 is 1. The molecule has 1 aliphatic carbocycles. The number of carbonyl (C=O) groups is 1. The molecule has 1 aromatic rings. The van der Waals surface area contributed by atoms with Crippen LogP contribution in [0, 0.1) is 5.92 Å². The molecule has 1 saturated carbocycles. The number of hydrogen-bond donors (Lipinski definition) is 2. The second kappa shape index (κ2) is 9.99. The van der Waals surface area contributed by atoms with E-state index >= 15 is 0 Å². The van der Waals surface area contributed by atoms with Crippen LogP contribution >= 0.6 is 24.0 Å². The molecule has 1 unspecified atom stereocenters. The highest BCUT2D eigenvalue weighted by Gasteiger charge is 2.29. The van der Waals surface area contributed by atoms with Crippen LogP contribution in [0.4, 0.5) is 0 Å². The number of carbonyl (C=O) groups excluding carboxylic acids is 1. The third-order valence-electron chi connectivity index (χ3n) is 4.94. The molecular formula is C19H29IN4O2. The summed E-state index contributed by atoms with van der Waals surface area (Å²) in [6.45, 7) is 3.30. The summed E-state index contributed by atoms with van der Waals surface area (Å²) >= 11 is 0. The molecule has 144 valence electrons. The highest BCUT2D eigenvalue weighted by Crippen LogP contribution is 2.29. The summed E-state index contributed by atoms with van der Waals surface area (Å²) in [6, 6.07) is 8.34. The summed E-state index contributed by atoms with van der Waals surface area (Å²) in [5, 5.41) is 6.33. The monoisotopic (exact) mass is 472 g/mol. The standard InChI is InChI=1S/C19H28N4O2.HI/c1-20-19(22-11-10-21-18(24)15-3-4-15)23-12-9-16(13-23)14-5-7-17(25-2)8-6-14;/h5-8,15-16H,3-4,9-13H2,1-2H3,(H,20,22)(H,21,24);1H. The molecule has 1 aromatic carbocycles. The van der Waals surface area contributed by atoms with Crippen molar-refractivity contribution in [1.29, 1.82) is 0 Å². The summed E-state index contributed by atoms with van der Waals surface area (Å²) in [6.07, 6.45) is 3.20. The van der Waals surface area contributed by atoms with Crippen molar-refractivity contribution in [2.45, 2.75) is 25.2 Å². The molecule has 2 N–H and O–H groups in total. The lowest BCUT2D eigenvalue weighted by atomic mass is 9.98. The molecule has 0 aromatic heterocycles. The third-order valence-corrected chi connectivity index (χ3v) is 4.94. The van der Waals surface area contributed by atoms with Crippen molar-refractivity contribution in [3.8, 4) is 5.75 Å². The van der Waals surface area contributed by atoms with Crippen LogP contribution < -0.4 is 15.4 Å². The lowest BCUT2D eigenvalue weighted by Gasteiger charge is -2.22. The first-order valence-electron chi connectivity index (χ1n) is 9.08. The molecule has 0 radical (unpaired) electrons. The average molecular weight is 472 g/mol. The predicted octanol–water partition coefficient (Wildman–Crippen LogP) is 2.20. The molecule has 1 atom stereocenters. The molecule has 3 rings (SSSR count). The molecular weight excluding hydrogens is 443 g/mol. The van der Waals surface area contributed by atoms with Crippen molar-refractivity contribution in [1.82, 2.24) is 15.5 Å². The smallest absolute Gasteiger partial charge is 0.223 e. The zero-order valence-electron chi connectivity index (χ0n) is 15.5. The van der Waals surface area contributed by atoms with E-state index in [1.165, 1.54) is 5.56 Å². The van der Waals surface area contributed by atoms with Gasteiger partial charge in [-0.1, -0.05) is 12.1 Å². The number of rotatable bonds is 6. The van der Waals surface area contributed by atoms with Crippen molar-refractivity contribution >= 4 is 35.8 Å². The van der Waals surface area contributed by atoms with Gasteiger partial charge in [0.2, 0.25) is 5.91 Å². The van der Waals surface area contributed by atoms with Gasteiger partial charge in [0.15, 0.2) is 5.96 Å². The zero-order chi connectivity index (χ0) is 17.6. The van der Waals surface area contributed by atoms with E-state index in [4.69, 9.17) is 4.74 Å². The van der Waals surface area contributed by atoms with Gasteiger partial charge in [0.25, 0.3) is 0 Å². The van der Waals surface area contributed by atoms with E-state index < -0.39 is 0 Å². The van der Waals surface area contributed by atoms with Crippen LogP contribution in [-0.4, -0.2) is 57.1 Å². The maximum absolute atomic E-state index is 11.6. The van der Waals surface area contributed by atoms with Crippen molar-refractivity contribution in [2.24, 2.45) is 10.9 Å². The molecule has 0 bridgehead atoms. The second-order valence-electron chi connectivity index (χ2n) is 6.74. The number of ether oxygens (including phenoxy) is 1. The van der Waals surface area contributed by atoms with Crippen LogP contribution in [0.25, 0.3) is 0 Å². The van der Waals surface area contributed by atoms with E-state index in [-0.39, 0.29) is 35.8 Å². The Hall–Kier alpha value is -1.51. The number of likely N-dealkylation sites (tertiary alicyclic amines) is 1. The molecule has 1 heterocycles. The number of benzene rings is 1. The molecule has 1 saturated heterocycles. The van der Waals surface area contributed by atoms with E-state index in [1.54, 1.807) is 7.11 Å². The van der Waals surface area contributed by atoms with Crippen LogP contribution in [0.1, 0.15) is 30.7 Å². The molecule has 7 heteroatoms. The Kier molecular flexibility index (Phi) is 7.99. The van der Waals surface area contributed by atoms with Crippen LogP contribution in [-0.2, 0) is 4.79 Å². The average Bonchev–Trinajstić information content (AvgIpc) is 3.39. The molecule has 26 heavy (non-hydrogen) atoms. The minimum atomic E-state index is 0. The first-order valence-corrected chi connectivity index (χ1v) is 9.08. The molecule has 2 fully saturated rings. The highest BCUT2D eigenvalue weighted by molar-refractivity contribution is 14.0. The summed E-state index contributed by atoms with van der Waals surface area (Å²) in [7, 11) is 3.50. The van der Waals surface area contributed by atoms with Crippen molar-refractivity contribution in [2.75, 3.05) is 40.3 Å². The molecule has 2 aliphatic rings. The first kappa shape index (κ1) is 20.8. The largest absolute Gasteiger partial charge is 0.497 e. The Balaban J connectivity index is 0.00000243. The van der Waals surface area contributed by atoms with E-state index in [0.717, 1.165) is 44.1 Å². The first-order chi connectivity index (χ1) is 12.2. The SMILES string of the molecule is CN=C(NCCNC(=O)C1CC1)N1CCC(c2ccc(OC)cc2)C1.I. The van der Waals surface area contributed by atoms with Gasteiger partial charge in [-0.25, -0.2) is 0 Å². The number of guanidine groups is 1. The number of amides is 1. The van der Waals surface area contributed by atoms with Gasteiger partial charge in [0.1, 0.15) is 5.75 Å². The van der Waals surface area contributed by atoms with E-state index in [0.29, 0.717) is 19.0 Å². The summed E-state index contributed by atoms with van der Waals surface area (Å²) in [5.74, 6) is 2.78. The van der Waals surface area contributed by atoms with Gasteiger partial charge < -0.3 is 20.3 Å². The van der Waals surface area contributed by atoms with E-state index in [9.17, 15) is 4.79 Å². The summed E-state index contributed by atoms with van der Waals surface area (Å²) < 4.78 is 5.23. The highest BCUT2D eigenvalue weighted by atomic mass is 127. The van der Waals surface area contributed by atoms with Crippen molar-refractivity contribution in [3.05, 3.63) is 29.8 Å². The minimum absolute atomic E-state index is 0. The quantitative estimate of drug-likeness (QED) is 0.289. The third kappa shape index (κ3) is 5.49. The van der Waals surface area contributed by atoms with Crippen LogP contribution in [0.2, 0.25) is 0 Å². The maximum Gasteiger partial charge on any atom is 0.223 e. The van der Waals surface area contributed by atoms with Gasteiger partial charge in [0.05, 0.1) is 7.11 Å². The van der Waals surface area contributed by atoms with E-state index in [2.05, 4.69) is 32.7 Å². The van der Waals surface area contributed by atoms with Gasteiger partial charge in [0, 0.05) is 45.1 Å². The number of nitrogens with zero attached hydrogens (tertiary/aromatic N) is 2. The Labute approximate surface area is 172 Å². The van der Waals surface area contributed by atoms with Gasteiger partial charge in [-0.3, -0.25) is 9.79 Å². The normalized spacial score (nSPS) is 19.7. The maximum atomic E-state index is 11.6. The fourth-order valence-corrected chi connectivity index (χ4v) is 3.28. The number of aliphatic imine (C=N–C) groups is 1. The number of nitrogens with one attached hydrogen (secondary N) is 2. The minimum Gasteiger partial charge on any atom is -0.497 e. The lowest BCUT2D eigenvalue weighted by molar-refractivity contribution is -0.122. The van der Waals surface area contributed by atoms with E-state index in [1.807, 2.05) is 19.2 Å². The lowest BCUT2D eigenvalue weighted by Crippen LogP contribution is -2.43. The Morgan fingerprint density at radius 3 is 2.50 bits per heavy atom. The Bertz CT molecular complexity index is 616. The predicted molar refractivity (Wildman–Crippen MR) is 114 cm³/mol. The Morgan fingerprint density at radius 2 is 1.88 bits per heavy atom. The molecule has 1 aliphatic heterocycles. The molecule has 1 amide bonds. The van der Waals surface area contributed by atoms with Crippen molar-refractivity contribution < 1.29 is 9.53 Å². The van der Waals surface area contributed by atoms with Gasteiger partial charge in [-0.15, -0.1) is 24.0 Å². The van der Waals surface area contributed by atoms with Crippen LogP contribution in [0.5, 0.6) is 5.75 Å². The van der Waals surface area contributed by atoms with Crippen LogP contribution in [0.15, 0.2) is 29.3 Å². The second-order valence-corrected chi connectivity index (χ2v) is 6.74. The van der Waals surface area contributed by atoms with Gasteiger partial charge >= 0.3 is 0 Å². The number of hydrogen-bond acceptors (Lipinski definition) is 3. The fourth-order valence-electron chi connectivity index (χ4n) is 3.28. The number of halogens is 1. The summed E-state index contributed by atoms with van der Waals surface area (Å²) in [4.78, 5) is 18.3. The fraction of sp³-hybridized carbons (Fsp3) is 0.579. The Morgan fingerprint density at radius 1 is 1.19 bits per heavy atom. The van der Waals surface area contributed by atoms with Gasteiger partial charge in [-0.2, -0.15) is 0 Å². The topological polar surface area (TPSA) is 66.0 Å².